The standard InChI is InChI=1S/C13H16F2N2OS.ClH/c14-13(15)19-11-5-3-9(4-6-11)12(18)17-7-1-2-10(17)8-16;/h3-6,10,13H,1-2,7-8,16H2;1H. The van der Waals surface area contributed by atoms with Crippen LogP contribution >= 0.6 is 24.2 Å². The Labute approximate surface area is 127 Å². The fraction of sp³-hybridized carbons (Fsp3) is 0.462. The molecule has 2 N–H and O–H groups in total. The number of carbonyl (C=O) groups is 1. The molecular formula is C13H17ClF2N2OS. The maximum absolute atomic E-state index is 12.3. The first-order chi connectivity index (χ1) is 9.11. The zero-order valence-corrected chi connectivity index (χ0v) is 12.4. The fourth-order valence-electron chi connectivity index (χ4n) is 2.29. The second kappa shape index (κ2) is 7.81. The van der Waals surface area contributed by atoms with Gasteiger partial charge in [0.05, 0.1) is 0 Å². The van der Waals surface area contributed by atoms with Gasteiger partial charge >= 0.3 is 0 Å². The summed E-state index contributed by atoms with van der Waals surface area (Å²) in [7, 11) is 0. The Hall–Kier alpha value is -0.850. The molecule has 1 atom stereocenters. The van der Waals surface area contributed by atoms with E-state index in [1.54, 1.807) is 29.2 Å². The highest BCUT2D eigenvalue weighted by atomic mass is 35.5. The number of amides is 1. The summed E-state index contributed by atoms with van der Waals surface area (Å²) in [6, 6.07) is 6.40. The first-order valence-corrected chi connectivity index (χ1v) is 7.05. The van der Waals surface area contributed by atoms with Gasteiger partial charge in [-0.2, -0.15) is 8.78 Å². The van der Waals surface area contributed by atoms with Crippen molar-refractivity contribution in [2.45, 2.75) is 29.5 Å². The quantitative estimate of drug-likeness (QED) is 0.867. The average molecular weight is 323 g/mol. The minimum absolute atomic E-state index is 0. The SMILES string of the molecule is Cl.NCC1CCCN1C(=O)c1ccc(SC(F)F)cc1. The maximum Gasteiger partial charge on any atom is 0.288 e. The van der Waals surface area contributed by atoms with Crippen LogP contribution in [-0.4, -0.2) is 35.7 Å². The van der Waals surface area contributed by atoms with Gasteiger partial charge in [-0.25, -0.2) is 0 Å². The molecule has 112 valence electrons. The molecule has 20 heavy (non-hydrogen) atoms. The summed E-state index contributed by atoms with van der Waals surface area (Å²) in [4.78, 5) is 14.5. The number of likely N-dealkylation sites (tertiary alicyclic amines) is 1. The lowest BCUT2D eigenvalue weighted by Gasteiger charge is -2.23. The van der Waals surface area contributed by atoms with E-state index in [1.165, 1.54) is 0 Å². The van der Waals surface area contributed by atoms with Crippen LogP contribution in [0.2, 0.25) is 0 Å². The van der Waals surface area contributed by atoms with E-state index < -0.39 is 5.76 Å². The monoisotopic (exact) mass is 322 g/mol. The summed E-state index contributed by atoms with van der Waals surface area (Å²) in [5, 5.41) is 0. The van der Waals surface area contributed by atoms with Crippen molar-refractivity contribution in [2.75, 3.05) is 13.1 Å². The minimum atomic E-state index is -2.44. The van der Waals surface area contributed by atoms with Crippen molar-refractivity contribution < 1.29 is 13.6 Å². The Kier molecular flexibility index (Phi) is 6.71. The molecular weight excluding hydrogens is 306 g/mol. The van der Waals surface area contributed by atoms with Crippen molar-refractivity contribution in [1.29, 1.82) is 0 Å². The van der Waals surface area contributed by atoms with Crippen LogP contribution in [0.4, 0.5) is 8.78 Å². The smallest absolute Gasteiger partial charge is 0.288 e. The zero-order chi connectivity index (χ0) is 13.8. The molecule has 1 saturated heterocycles. The molecule has 2 rings (SSSR count). The Balaban J connectivity index is 0.00000200. The van der Waals surface area contributed by atoms with Gasteiger partial charge in [-0.15, -0.1) is 12.4 Å². The lowest BCUT2D eigenvalue weighted by molar-refractivity contribution is 0.0741. The number of carbonyl (C=O) groups excluding carboxylic acids is 1. The van der Waals surface area contributed by atoms with Crippen LogP contribution in [0.5, 0.6) is 0 Å². The normalized spacial score (nSPS) is 18.2. The third kappa shape index (κ3) is 4.07. The number of hydrogen-bond acceptors (Lipinski definition) is 3. The number of hydrogen-bond donors (Lipinski definition) is 1. The first kappa shape index (κ1) is 17.2. The second-order valence-corrected chi connectivity index (χ2v) is 5.50. The molecule has 0 aliphatic carbocycles. The molecule has 1 heterocycles. The van der Waals surface area contributed by atoms with E-state index in [0.29, 0.717) is 35.3 Å². The highest BCUT2D eigenvalue weighted by Gasteiger charge is 2.28. The van der Waals surface area contributed by atoms with Crippen molar-refractivity contribution in [3.8, 4) is 0 Å². The summed E-state index contributed by atoms with van der Waals surface area (Å²) in [6.45, 7) is 1.18. The highest BCUT2D eigenvalue weighted by molar-refractivity contribution is 7.99. The molecule has 0 aromatic heterocycles. The van der Waals surface area contributed by atoms with Crippen molar-refractivity contribution >= 4 is 30.1 Å². The lowest BCUT2D eigenvalue weighted by atomic mass is 10.1. The van der Waals surface area contributed by atoms with Gasteiger partial charge in [0.2, 0.25) is 0 Å². The molecule has 0 spiro atoms. The fourth-order valence-corrected chi connectivity index (χ4v) is 2.79. The molecule has 7 heteroatoms. The van der Waals surface area contributed by atoms with E-state index in [2.05, 4.69) is 0 Å². The van der Waals surface area contributed by atoms with E-state index in [9.17, 15) is 13.6 Å². The Morgan fingerprint density at radius 2 is 2.05 bits per heavy atom. The van der Waals surface area contributed by atoms with Crippen LogP contribution < -0.4 is 5.73 Å². The van der Waals surface area contributed by atoms with Gasteiger partial charge in [-0.3, -0.25) is 4.79 Å². The Morgan fingerprint density at radius 3 is 2.60 bits per heavy atom. The molecule has 0 saturated carbocycles. The minimum Gasteiger partial charge on any atom is -0.334 e. The van der Waals surface area contributed by atoms with Crippen LogP contribution in [0, 0.1) is 0 Å². The van der Waals surface area contributed by atoms with Gasteiger partial charge in [0.1, 0.15) is 0 Å². The van der Waals surface area contributed by atoms with Crippen molar-refractivity contribution in [3.05, 3.63) is 29.8 Å². The number of benzene rings is 1. The Bertz CT molecular complexity index is 445. The molecule has 1 aromatic rings. The van der Waals surface area contributed by atoms with Crippen LogP contribution in [-0.2, 0) is 0 Å². The van der Waals surface area contributed by atoms with E-state index in [-0.39, 0.29) is 24.4 Å². The topological polar surface area (TPSA) is 46.3 Å². The third-order valence-electron chi connectivity index (χ3n) is 3.24. The molecule has 1 aliphatic rings. The summed E-state index contributed by atoms with van der Waals surface area (Å²) >= 11 is 0.478. The van der Waals surface area contributed by atoms with Gasteiger partial charge in [-0.05, 0) is 37.1 Å². The summed E-state index contributed by atoms with van der Waals surface area (Å²) in [5.41, 5.74) is 6.17. The van der Waals surface area contributed by atoms with Gasteiger partial charge in [0.25, 0.3) is 11.7 Å². The molecule has 1 amide bonds. The molecule has 1 aliphatic heterocycles. The van der Waals surface area contributed by atoms with E-state index in [1.807, 2.05) is 0 Å². The molecule has 1 fully saturated rings. The molecule has 0 bridgehead atoms. The van der Waals surface area contributed by atoms with E-state index in [0.717, 1.165) is 12.8 Å². The van der Waals surface area contributed by atoms with Crippen LogP contribution in [0.1, 0.15) is 23.2 Å². The number of rotatable bonds is 4. The van der Waals surface area contributed by atoms with Gasteiger partial charge in [0, 0.05) is 29.6 Å². The number of nitrogens with zero attached hydrogens (tertiary/aromatic N) is 1. The highest BCUT2D eigenvalue weighted by Crippen LogP contribution is 2.26. The van der Waals surface area contributed by atoms with Crippen LogP contribution in [0.25, 0.3) is 0 Å². The Morgan fingerprint density at radius 1 is 1.40 bits per heavy atom. The predicted octanol–water partition coefficient (Wildman–Crippen LogP) is 2.99. The zero-order valence-electron chi connectivity index (χ0n) is 10.8. The summed E-state index contributed by atoms with van der Waals surface area (Å²) in [5.74, 6) is -2.51. The largest absolute Gasteiger partial charge is 0.334 e. The van der Waals surface area contributed by atoms with E-state index in [4.69, 9.17) is 5.73 Å². The van der Waals surface area contributed by atoms with Crippen molar-refractivity contribution in [3.63, 3.8) is 0 Å². The van der Waals surface area contributed by atoms with Gasteiger partial charge < -0.3 is 10.6 Å². The van der Waals surface area contributed by atoms with Crippen molar-refractivity contribution in [2.24, 2.45) is 5.73 Å². The molecule has 0 radical (unpaired) electrons. The number of halogens is 3. The summed E-state index contributed by atoms with van der Waals surface area (Å²) in [6.07, 6.45) is 1.90. The second-order valence-electron chi connectivity index (χ2n) is 4.43. The van der Waals surface area contributed by atoms with Crippen LogP contribution in [0.3, 0.4) is 0 Å². The van der Waals surface area contributed by atoms with Crippen LogP contribution in [0.15, 0.2) is 29.2 Å². The number of thioether (sulfide) groups is 1. The van der Waals surface area contributed by atoms with Gasteiger partial charge in [0.15, 0.2) is 0 Å². The molecule has 1 unspecified atom stereocenters. The molecule has 1 aromatic carbocycles. The predicted molar refractivity (Wildman–Crippen MR) is 78.7 cm³/mol. The average Bonchev–Trinajstić information content (AvgIpc) is 2.86. The van der Waals surface area contributed by atoms with Crippen molar-refractivity contribution in [1.82, 2.24) is 4.90 Å². The maximum atomic E-state index is 12.3. The summed E-state index contributed by atoms with van der Waals surface area (Å²) < 4.78 is 24.4. The van der Waals surface area contributed by atoms with Gasteiger partial charge in [-0.1, -0.05) is 11.8 Å². The number of nitrogens with two attached hydrogens (primary N) is 1. The van der Waals surface area contributed by atoms with E-state index >= 15 is 0 Å². The third-order valence-corrected chi connectivity index (χ3v) is 3.96. The number of alkyl halides is 2. The lowest BCUT2D eigenvalue weighted by Crippen LogP contribution is -2.39. The molecule has 3 nitrogen and oxygen atoms in total. The first-order valence-electron chi connectivity index (χ1n) is 6.17.